The van der Waals surface area contributed by atoms with Crippen molar-refractivity contribution in [3.05, 3.63) is 22.4 Å². The van der Waals surface area contributed by atoms with Crippen LogP contribution in [0.4, 0.5) is 0 Å². The molecule has 1 fully saturated rings. The molecule has 0 bridgehead atoms. The molecule has 1 saturated carbocycles. The van der Waals surface area contributed by atoms with Crippen LogP contribution < -0.4 is 5.32 Å². The second-order valence-electron chi connectivity index (χ2n) is 6.62. The number of likely N-dealkylation sites (N-methyl/N-ethyl adjacent to an activating group) is 1. The van der Waals surface area contributed by atoms with Crippen LogP contribution in [0.25, 0.3) is 0 Å². The van der Waals surface area contributed by atoms with E-state index >= 15 is 0 Å². The van der Waals surface area contributed by atoms with E-state index in [-0.39, 0.29) is 35.4 Å². The van der Waals surface area contributed by atoms with Gasteiger partial charge in [-0.2, -0.15) is 0 Å². The lowest BCUT2D eigenvalue weighted by atomic mass is 9.56. The summed E-state index contributed by atoms with van der Waals surface area (Å²) in [6, 6.07) is 3.66. The molecule has 5 nitrogen and oxygen atoms in total. The third kappa shape index (κ3) is 2.90. The first kappa shape index (κ1) is 17.0. The van der Waals surface area contributed by atoms with Crippen molar-refractivity contribution in [1.82, 2.24) is 10.2 Å². The Bertz CT molecular complexity index is 556. The van der Waals surface area contributed by atoms with Crippen LogP contribution in [0.2, 0.25) is 0 Å². The van der Waals surface area contributed by atoms with Gasteiger partial charge in [-0.3, -0.25) is 9.59 Å². The number of carbonyl (C=O) groups is 2. The summed E-state index contributed by atoms with van der Waals surface area (Å²) in [4.78, 5) is 26.4. The number of carbonyl (C=O) groups excluding carboxylic acids is 2. The largest absolute Gasteiger partial charge is 0.378 e. The molecule has 1 aromatic rings. The molecule has 2 amide bonds. The Morgan fingerprint density at radius 3 is 2.64 bits per heavy atom. The summed E-state index contributed by atoms with van der Waals surface area (Å²) in [5.41, 5.74) is -0.350. The summed E-state index contributed by atoms with van der Waals surface area (Å²) in [5.74, 6) is -0.261. The number of nitrogens with one attached hydrogen (secondary N) is 1. The molecule has 0 radical (unpaired) electrons. The average Bonchev–Trinajstić information content (AvgIpc) is 2.99. The Morgan fingerprint density at radius 2 is 2.14 bits per heavy atom. The van der Waals surface area contributed by atoms with Crippen LogP contribution >= 0.6 is 11.3 Å². The highest BCUT2D eigenvalue weighted by molar-refractivity contribution is 7.12. The number of hydrogen-bond acceptors (Lipinski definition) is 4. The van der Waals surface area contributed by atoms with Gasteiger partial charge in [-0.25, -0.2) is 0 Å². The minimum absolute atomic E-state index is 0.0625. The molecule has 0 aromatic carbocycles. The zero-order chi connectivity index (χ0) is 16.5. The Labute approximate surface area is 135 Å². The fourth-order valence-corrected chi connectivity index (χ4v) is 3.56. The van der Waals surface area contributed by atoms with Gasteiger partial charge in [0.1, 0.15) is 0 Å². The van der Waals surface area contributed by atoms with Gasteiger partial charge in [0.15, 0.2) is 0 Å². The van der Waals surface area contributed by atoms with Crippen molar-refractivity contribution < 1.29 is 14.3 Å². The van der Waals surface area contributed by atoms with Crippen LogP contribution in [0.3, 0.4) is 0 Å². The summed E-state index contributed by atoms with van der Waals surface area (Å²) in [5, 5.41) is 4.87. The smallest absolute Gasteiger partial charge is 0.264 e. The monoisotopic (exact) mass is 324 g/mol. The molecule has 0 spiro atoms. The molecule has 1 aromatic heterocycles. The van der Waals surface area contributed by atoms with Gasteiger partial charge in [0.2, 0.25) is 5.91 Å². The van der Waals surface area contributed by atoms with E-state index in [1.54, 1.807) is 20.2 Å². The molecule has 1 aliphatic carbocycles. The quantitative estimate of drug-likeness (QED) is 0.903. The molecule has 0 saturated heterocycles. The Balaban J connectivity index is 1.88. The van der Waals surface area contributed by atoms with E-state index < -0.39 is 0 Å². The van der Waals surface area contributed by atoms with Crippen LogP contribution in [-0.4, -0.2) is 49.1 Å². The highest BCUT2D eigenvalue weighted by Crippen LogP contribution is 2.51. The van der Waals surface area contributed by atoms with Gasteiger partial charge >= 0.3 is 0 Å². The normalized spacial score (nSPS) is 26.1. The Kier molecular flexibility index (Phi) is 4.63. The molecule has 1 heterocycles. The molecule has 2 atom stereocenters. The van der Waals surface area contributed by atoms with Crippen molar-refractivity contribution in [2.75, 3.05) is 20.7 Å². The third-order valence-corrected chi connectivity index (χ3v) is 5.93. The minimum Gasteiger partial charge on any atom is -0.378 e. The number of ether oxygens (including phenoxy) is 1. The number of nitrogens with zero attached hydrogens (tertiary/aromatic N) is 1. The number of hydrogen-bond donors (Lipinski definition) is 1. The maximum Gasteiger partial charge on any atom is 0.264 e. The first-order valence-corrected chi connectivity index (χ1v) is 8.23. The number of rotatable bonds is 5. The maximum absolute atomic E-state index is 12.2. The van der Waals surface area contributed by atoms with Crippen LogP contribution in [0.15, 0.2) is 17.5 Å². The lowest BCUT2D eigenvalue weighted by Gasteiger charge is -2.59. The molecule has 1 N–H and O–H groups in total. The van der Waals surface area contributed by atoms with Gasteiger partial charge < -0.3 is 15.0 Å². The highest BCUT2D eigenvalue weighted by atomic mass is 32.1. The summed E-state index contributed by atoms with van der Waals surface area (Å²) >= 11 is 1.38. The highest BCUT2D eigenvalue weighted by Gasteiger charge is 2.58. The van der Waals surface area contributed by atoms with Gasteiger partial charge in [-0.15, -0.1) is 11.3 Å². The third-order valence-electron chi connectivity index (χ3n) is 5.07. The molecule has 22 heavy (non-hydrogen) atoms. The lowest BCUT2D eigenvalue weighted by Crippen LogP contribution is -2.69. The first-order valence-electron chi connectivity index (χ1n) is 7.35. The Morgan fingerprint density at radius 1 is 1.45 bits per heavy atom. The van der Waals surface area contributed by atoms with Gasteiger partial charge in [0, 0.05) is 25.6 Å². The van der Waals surface area contributed by atoms with Gasteiger partial charge in [-0.1, -0.05) is 19.9 Å². The SMILES string of the molecule is COC1(C)CC(NC(=O)CN(C)C(=O)c2cccs2)C1(C)C. The molecule has 1 aliphatic rings. The first-order chi connectivity index (χ1) is 10.2. The number of thiophene rings is 1. The van der Waals surface area contributed by atoms with Crippen LogP contribution in [0, 0.1) is 5.41 Å². The van der Waals surface area contributed by atoms with Crippen LogP contribution in [0.1, 0.15) is 36.9 Å². The van der Waals surface area contributed by atoms with E-state index in [0.717, 1.165) is 6.42 Å². The second-order valence-corrected chi connectivity index (χ2v) is 7.57. The standard InChI is InChI=1S/C16H24N2O3S/c1-15(2)12(9-16(15,3)21-5)17-13(19)10-18(4)14(20)11-7-6-8-22-11/h6-8,12H,9-10H2,1-5H3,(H,17,19). The molecule has 122 valence electrons. The predicted molar refractivity (Wildman–Crippen MR) is 87.0 cm³/mol. The fraction of sp³-hybridized carbons (Fsp3) is 0.625. The van der Waals surface area contributed by atoms with Crippen molar-refractivity contribution >= 4 is 23.2 Å². The van der Waals surface area contributed by atoms with Crippen molar-refractivity contribution in [3.8, 4) is 0 Å². The number of amides is 2. The molecular weight excluding hydrogens is 300 g/mol. The van der Waals surface area contributed by atoms with Crippen molar-refractivity contribution in [2.24, 2.45) is 5.41 Å². The topological polar surface area (TPSA) is 58.6 Å². The van der Waals surface area contributed by atoms with E-state index in [1.807, 2.05) is 11.4 Å². The van der Waals surface area contributed by atoms with Gasteiger partial charge in [0.05, 0.1) is 17.0 Å². The van der Waals surface area contributed by atoms with Crippen molar-refractivity contribution in [3.63, 3.8) is 0 Å². The minimum atomic E-state index is -0.219. The number of methoxy groups -OCH3 is 1. The molecular formula is C16H24N2O3S. The molecule has 2 unspecified atom stereocenters. The van der Waals surface area contributed by atoms with E-state index in [0.29, 0.717) is 4.88 Å². The predicted octanol–water partition coefficient (Wildman–Crippen LogP) is 2.14. The average molecular weight is 324 g/mol. The van der Waals surface area contributed by atoms with Crippen LogP contribution in [0.5, 0.6) is 0 Å². The van der Waals surface area contributed by atoms with E-state index in [1.165, 1.54) is 16.2 Å². The zero-order valence-corrected chi connectivity index (χ0v) is 14.6. The zero-order valence-electron chi connectivity index (χ0n) is 13.8. The van der Waals surface area contributed by atoms with E-state index in [9.17, 15) is 9.59 Å². The van der Waals surface area contributed by atoms with Crippen LogP contribution in [-0.2, 0) is 9.53 Å². The molecule has 0 aliphatic heterocycles. The summed E-state index contributed by atoms with van der Waals surface area (Å²) in [6.07, 6.45) is 0.783. The summed E-state index contributed by atoms with van der Waals surface area (Å²) in [7, 11) is 3.35. The van der Waals surface area contributed by atoms with Crippen molar-refractivity contribution in [1.29, 1.82) is 0 Å². The summed E-state index contributed by atoms with van der Waals surface area (Å²) < 4.78 is 5.55. The van der Waals surface area contributed by atoms with E-state index in [4.69, 9.17) is 4.74 Å². The Hall–Kier alpha value is -1.40. The summed E-state index contributed by atoms with van der Waals surface area (Å²) in [6.45, 7) is 6.30. The maximum atomic E-state index is 12.2. The second kappa shape index (κ2) is 6.01. The lowest BCUT2D eigenvalue weighted by molar-refractivity contribution is -0.182. The van der Waals surface area contributed by atoms with Gasteiger partial charge in [0.25, 0.3) is 5.91 Å². The van der Waals surface area contributed by atoms with Gasteiger partial charge in [-0.05, 0) is 24.8 Å². The van der Waals surface area contributed by atoms with E-state index in [2.05, 4.69) is 26.1 Å². The molecule has 2 rings (SSSR count). The fourth-order valence-electron chi connectivity index (χ4n) is 2.84. The molecule has 6 heteroatoms. The van der Waals surface area contributed by atoms with Crippen molar-refractivity contribution in [2.45, 2.75) is 38.8 Å².